The Morgan fingerprint density at radius 1 is 1.28 bits per heavy atom. The van der Waals surface area contributed by atoms with Crippen molar-refractivity contribution in [3.63, 3.8) is 0 Å². The molecule has 0 atom stereocenters. The smallest absolute Gasteiger partial charge is 0.222 e. The van der Waals surface area contributed by atoms with Crippen LogP contribution in [-0.4, -0.2) is 30.5 Å². The van der Waals surface area contributed by atoms with Crippen molar-refractivity contribution in [2.24, 2.45) is 0 Å². The highest BCUT2D eigenvalue weighted by atomic mass is 16.5. The van der Waals surface area contributed by atoms with E-state index in [2.05, 4.69) is 26.0 Å². The van der Waals surface area contributed by atoms with Crippen LogP contribution in [0.5, 0.6) is 5.75 Å². The second-order valence-corrected chi connectivity index (χ2v) is 5.06. The highest BCUT2D eigenvalue weighted by Crippen LogP contribution is 2.18. The summed E-state index contributed by atoms with van der Waals surface area (Å²) in [6.07, 6.45) is 1.69. The fraction of sp³-hybridized carbons (Fsp3) is 0.533. The van der Waals surface area contributed by atoms with Gasteiger partial charge in [-0.3, -0.25) is 4.79 Å². The molecule has 0 radical (unpaired) electrons. The molecule has 1 aliphatic rings. The molecule has 0 saturated carbocycles. The Morgan fingerprint density at radius 2 is 2.00 bits per heavy atom. The SMILES string of the molecule is CC(C)c1ccc(OCCN2CCCC2=O)cc1. The summed E-state index contributed by atoms with van der Waals surface area (Å²) in [6, 6.07) is 8.20. The van der Waals surface area contributed by atoms with Gasteiger partial charge >= 0.3 is 0 Å². The minimum Gasteiger partial charge on any atom is -0.492 e. The van der Waals surface area contributed by atoms with E-state index in [1.54, 1.807) is 0 Å². The molecule has 0 unspecified atom stereocenters. The van der Waals surface area contributed by atoms with Crippen molar-refractivity contribution in [2.75, 3.05) is 19.7 Å². The van der Waals surface area contributed by atoms with Gasteiger partial charge in [-0.15, -0.1) is 0 Å². The zero-order valence-electron chi connectivity index (χ0n) is 11.2. The van der Waals surface area contributed by atoms with Crippen LogP contribution in [0.15, 0.2) is 24.3 Å². The number of benzene rings is 1. The summed E-state index contributed by atoms with van der Waals surface area (Å²) in [5, 5.41) is 0. The van der Waals surface area contributed by atoms with Crippen LogP contribution in [0.1, 0.15) is 38.2 Å². The molecule has 1 heterocycles. The van der Waals surface area contributed by atoms with Gasteiger partial charge in [0, 0.05) is 13.0 Å². The van der Waals surface area contributed by atoms with E-state index < -0.39 is 0 Å². The van der Waals surface area contributed by atoms with E-state index in [1.165, 1.54) is 5.56 Å². The molecule has 3 heteroatoms. The fourth-order valence-corrected chi connectivity index (χ4v) is 2.16. The standard InChI is InChI=1S/C15H21NO2/c1-12(2)13-5-7-14(8-6-13)18-11-10-16-9-3-4-15(16)17/h5-8,12H,3-4,9-11H2,1-2H3. The van der Waals surface area contributed by atoms with Crippen LogP contribution in [0.4, 0.5) is 0 Å². The van der Waals surface area contributed by atoms with Crippen molar-refractivity contribution < 1.29 is 9.53 Å². The number of ether oxygens (including phenoxy) is 1. The number of hydrogen-bond donors (Lipinski definition) is 0. The van der Waals surface area contributed by atoms with E-state index in [1.807, 2.05) is 17.0 Å². The van der Waals surface area contributed by atoms with E-state index in [-0.39, 0.29) is 5.91 Å². The molecule has 0 aromatic heterocycles. The van der Waals surface area contributed by atoms with Crippen LogP contribution in [0.2, 0.25) is 0 Å². The van der Waals surface area contributed by atoms with Gasteiger partial charge in [0.2, 0.25) is 5.91 Å². The van der Waals surface area contributed by atoms with E-state index in [0.29, 0.717) is 25.5 Å². The van der Waals surface area contributed by atoms with Crippen LogP contribution >= 0.6 is 0 Å². The van der Waals surface area contributed by atoms with Gasteiger partial charge in [0.15, 0.2) is 0 Å². The summed E-state index contributed by atoms with van der Waals surface area (Å²) < 4.78 is 5.66. The van der Waals surface area contributed by atoms with Crippen molar-refractivity contribution >= 4 is 5.91 Å². The molecule has 98 valence electrons. The van der Waals surface area contributed by atoms with Crippen molar-refractivity contribution in [3.8, 4) is 5.75 Å². The van der Waals surface area contributed by atoms with E-state index in [0.717, 1.165) is 18.7 Å². The summed E-state index contributed by atoms with van der Waals surface area (Å²) in [7, 11) is 0. The van der Waals surface area contributed by atoms with Gasteiger partial charge in [0.1, 0.15) is 12.4 Å². The van der Waals surface area contributed by atoms with E-state index >= 15 is 0 Å². The zero-order chi connectivity index (χ0) is 13.0. The predicted molar refractivity (Wildman–Crippen MR) is 71.8 cm³/mol. The Labute approximate surface area is 109 Å². The minimum atomic E-state index is 0.258. The number of rotatable bonds is 5. The summed E-state index contributed by atoms with van der Waals surface area (Å²) in [4.78, 5) is 13.3. The van der Waals surface area contributed by atoms with E-state index in [9.17, 15) is 4.79 Å². The molecule has 1 aromatic carbocycles. The molecule has 3 nitrogen and oxygen atoms in total. The summed E-state index contributed by atoms with van der Waals surface area (Å²) >= 11 is 0. The maximum absolute atomic E-state index is 11.4. The molecule has 0 bridgehead atoms. The molecular formula is C15H21NO2. The molecule has 0 N–H and O–H groups in total. The molecule has 1 amide bonds. The predicted octanol–water partition coefficient (Wildman–Crippen LogP) is 2.81. The maximum atomic E-state index is 11.4. The second kappa shape index (κ2) is 5.89. The molecule has 2 rings (SSSR count). The van der Waals surface area contributed by atoms with Crippen LogP contribution in [0, 0.1) is 0 Å². The topological polar surface area (TPSA) is 29.5 Å². The number of amides is 1. The number of hydrogen-bond acceptors (Lipinski definition) is 2. The molecule has 1 fully saturated rings. The molecule has 18 heavy (non-hydrogen) atoms. The lowest BCUT2D eigenvalue weighted by Gasteiger charge is -2.16. The Bertz CT molecular complexity index is 397. The quantitative estimate of drug-likeness (QED) is 0.800. The van der Waals surface area contributed by atoms with Crippen molar-refractivity contribution in [2.45, 2.75) is 32.6 Å². The molecule has 0 spiro atoms. The molecule has 0 aliphatic carbocycles. The number of carbonyl (C=O) groups is 1. The summed E-state index contributed by atoms with van der Waals surface area (Å²) in [6.45, 7) is 6.51. The maximum Gasteiger partial charge on any atom is 0.222 e. The Balaban J connectivity index is 1.78. The van der Waals surface area contributed by atoms with Gasteiger partial charge in [-0.1, -0.05) is 26.0 Å². The number of likely N-dealkylation sites (tertiary alicyclic amines) is 1. The Morgan fingerprint density at radius 3 is 2.56 bits per heavy atom. The third-order valence-electron chi connectivity index (χ3n) is 3.35. The van der Waals surface area contributed by atoms with Crippen LogP contribution in [0.3, 0.4) is 0 Å². The molecule has 1 aromatic rings. The monoisotopic (exact) mass is 247 g/mol. The third-order valence-corrected chi connectivity index (χ3v) is 3.35. The lowest BCUT2D eigenvalue weighted by Crippen LogP contribution is -2.29. The Hall–Kier alpha value is -1.51. The van der Waals surface area contributed by atoms with Gasteiger partial charge in [0.25, 0.3) is 0 Å². The highest BCUT2D eigenvalue weighted by molar-refractivity contribution is 5.78. The van der Waals surface area contributed by atoms with Gasteiger partial charge in [0.05, 0.1) is 6.54 Å². The largest absolute Gasteiger partial charge is 0.492 e. The van der Waals surface area contributed by atoms with Gasteiger partial charge in [-0.2, -0.15) is 0 Å². The number of nitrogens with zero attached hydrogens (tertiary/aromatic N) is 1. The van der Waals surface area contributed by atoms with Gasteiger partial charge in [-0.05, 0) is 30.0 Å². The second-order valence-electron chi connectivity index (χ2n) is 5.06. The molecule has 1 aliphatic heterocycles. The first-order valence-electron chi connectivity index (χ1n) is 6.67. The average Bonchev–Trinajstić information content (AvgIpc) is 2.76. The summed E-state index contributed by atoms with van der Waals surface area (Å²) in [5.74, 6) is 1.68. The molecule has 1 saturated heterocycles. The highest BCUT2D eigenvalue weighted by Gasteiger charge is 2.19. The Kier molecular flexibility index (Phi) is 4.24. The lowest BCUT2D eigenvalue weighted by molar-refractivity contribution is -0.128. The van der Waals surface area contributed by atoms with Gasteiger partial charge < -0.3 is 9.64 Å². The zero-order valence-corrected chi connectivity index (χ0v) is 11.2. The van der Waals surface area contributed by atoms with E-state index in [4.69, 9.17) is 4.74 Å². The lowest BCUT2D eigenvalue weighted by atomic mass is 10.0. The van der Waals surface area contributed by atoms with Crippen molar-refractivity contribution in [3.05, 3.63) is 29.8 Å². The fourth-order valence-electron chi connectivity index (χ4n) is 2.16. The average molecular weight is 247 g/mol. The summed E-state index contributed by atoms with van der Waals surface area (Å²) in [5.41, 5.74) is 1.32. The van der Waals surface area contributed by atoms with Crippen molar-refractivity contribution in [1.82, 2.24) is 4.90 Å². The first kappa shape index (κ1) is 12.9. The third kappa shape index (κ3) is 3.25. The number of carbonyl (C=O) groups excluding carboxylic acids is 1. The normalized spacial score (nSPS) is 15.5. The first-order valence-corrected chi connectivity index (χ1v) is 6.67. The first-order chi connectivity index (χ1) is 8.66. The van der Waals surface area contributed by atoms with Crippen molar-refractivity contribution in [1.29, 1.82) is 0 Å². The van der Waals surface area contributed by atoms with Crippen LogP contribution < -0.4 is 4.74 Å². The van der Waals surface area contributed by atoms with Crippen LogP contribution in [-0.2, 0) is 4.79 Å². The molecular weight excluding hydrogens is 226 g/mol. The van der Waals surface area contributed by atoms with Crippen LogP contribution in [0.25, 0.3) is 0 Å². The van der Waals surface area contributed by atoms with Gasteiger partial charge in [-0.25, -0.2) is 0 Å². The minimum absolute atomic E-state index is 0.258.